The Bertz CT molecular complexity index is 958. The van der Waals surface area contributed by atoms with Gasteiger partial charge in [-0.15, -0.1) is 0 Å². The smallest absolute Gasteiger partial charge is 0.261 e. The SMILES string of the molecule is CC(C)(C)c1ccc(S(=O)(=O)Nc2ccccc2NS(C)(=O)=O)cc1. The molecule has 0 unspecified atom stereocenters. The zero-order chi connectivity index (χ0) is 18.9. The van der Waals surface area contributed by atoms with E-state index in [9.17, 15) is 16.8 Å². The Morgan fingerprint density at radius 2 is 1.24 bits per heavy atom. The van der Waals surface area contributed by atoms with Gasteiger partial charge in [0.25, 0.3) is 10.0 Å². The number of para-hydroxylation sites is 2. The van der Waals surface area contributed by atoms with Crippen LogP contribution in [0.2, 0.25) is 0 Å². The van der Waals surface area contributed by atoms with Gasteiger partial charge < -0.3 is 0 Å². The van der Waals surface area contributed by atoms with Gasteiger partial charge in [0.1, 0.15) is 0 Å². The highest BCUT2D eigenvalue weighted by atomic mass is 32.2. The van der Waals surface area contributed by atoms with Crippen molar-refractivity contribution in [2.24, 2.45) is 0 Å². The Kier molecular flexibility index (Phi) is 5.15. The maximum Gasteiger partial charge on any atom is 0.261 e. The van der Waals surface area contributed by atoms with E-state index in [1.165, 1.54) is 24.3 Å². The van der Waals surface area contributed by atoms with Crippen molar-refractivity contribution in [3.05, 3.63) is 54.1 Å². The molecule has 136 valence electrons. The van der Waals surface area contributed by atoms with Crippen LogP contribution in [0.5, 0.6) is 0 Å². The molecule has 0 aliphatic heterocycles. The third-order valence-corrected chi connectivity index (χ3v) is 5.47. The molecule has 0 aliphatic carbocycles. The first-order chi connectivity index (χ1) is 11.4. The number of rotatable bonds is 5. The van der Waals surface area contributed by atoms with Crippen molar-refractivity contribution in [3.63, 3.8) is 0 Å². The highest BCUT2D eigenvalue weighted by molar-refractivity contribution is 7.93. The molecule has 8 heteroatoms. The minimum atomic E-state index is -3.84. The predicted octanol–water partition coefficient (Wildman–Crippen LogP) is 3.16. The number of benzene rings is 2. The molecule has 0 amide bonds. The summed E-state index contributed by atoms with van der Waals surface area (Å²) in [7, 11) is -7.37. The topological polar surface area (TPSA) is 92.3 Å². The molecule has 0 saturated heterocycles. The maximum atomic E-state index is 12.6. The van der Waals surface area contributed by atoms with Gasteiger partial charge in [-0.1, -0.05) is 45.0 Å². The largest absolute Gasteiger partial charge is 0.282 e. The zero-order valence-electron chi connectivity index (χ0n) is 14.6. The van der Waals surface area contributed by atoms with Crippen molar-refractivity contribution in [1.29, 1.82) is 0 Å². The van der Waals surface area contributed by atoms with Crippen molar-refractivity contribution in [1.82, 2.24) is 0 Å². The van der Waals surface area contributed by atoms with Crippen LogP contribution in [0.4, 0.5) is 11.4 Å². The lowest BCUT2D eigenvalue weighted by molar-refractivity contribution is 0.587. The van der Waals surface area contributed by atoms with Crippen LogP contribution < -0.4 is 9.44 Å². The summed E-state index contributed by atoms with van der Waals surface area (Å²) in [5.74, 6) is 0. The van der Waals surface area contributed by atoms with Crippen LogP contribution in [0.1, 0.15) is 26.3 Å². The Hall–Kier alpha value is -2.06. The lowest BCUT2D eigenvalue weighted by Gasteiger charge is -2.19. The van der Waals surface area contributed by atoms with Gasteiger partial charge in [-0.2, -0.15) is 0 Å². The van der Waals surface area contributed by atoms with E-state index in [1.807, 2.05) is 20.8 Å². The van der Waals surface area contributed by atoms with Crippen LogP contribution in [0.15, 0.2) is 53.4 Å². The molecule has 0 atom stereocenters. The molecule has 0 fully saturated rings. The minimum Gasteiger partial charge on any atom is -0.282 e. The third-order valence-electron chi connectivity index (χ3n) is 3.50. The van der Waals surface area contributed by atoms with Gasteiger partial charge in [0.05, 0.1) is 22.5 Å². The van der Waals surface area contributed by atoms with Crippen LogP contribution in [0, 0.1) is 0 Å². The maximum absolute atomic E-state index is 12.6. The van der Waals surface area contributed by atoms with E-state index in [2.05, 4.69) is 9.44 Å². The highest BCUT2D eigenvalue weighted by Crippen LogP contribution is 2.27. The van der Waals surface area contributed by atoms with E-state index in [0.717, 1.165) is 11.8 Å². The summed E-state index contributed by atoms with van der Waals surface area (Å²) in [6.45, 7) is 6.13. The summed E-state index contributed by atoms with van der Waals surface area (Å²) < 4.78 is 52.8. The van der Waals surface area contributed by atoms with Gasteiger partial charge in [-0.3, -0.25) is 9.44 Å². The molecule has 2 N–H and O–H groups in total. The average molecular weight is 383 g/mol. The highest BCUT2D eigenvalue weighted by Gasteiger charge is 2.19. The van der Waals surface area contributed by atoms with Crippen LogP contribution >= 0.6 is 0 Å². The summed E-state index contributed by atoms with van der Waals surface area (Å²) >= 11 is 0. The number of anilines is 2. The van der Waals surface area contributed by atoms with Gasteiger partial charge in [0, 0.05) is 0 Å². The van der Waals surface area contributed by atoms with Crippen molar-refractivity contribution in [2.75, 3.05) is 15.7 Å². The molecule has 0 radical (unpaired) electrons. The van der Waals surface area contributed by atoms with Crippen LogP contribution in [0.25, 0.3) is 0 Å². The first kappa shape index (κ1) is 19.3. The molecule has 0 saturated carbocycles. The first-order valence-corrected chi connectivity index (χ1v) is 11.0. The minimum absolute atomic E-state index is 0.0816. The Morgan fingerprint density at radius 3 is 1.68 bits per heavy atom. The normalized spacial score (nSPS) is 12.6. The van der Waals surface area contributed by atoms with Crippen molar-refractivity contribution < 1.29 is 16.8 Å². The fourth-order valence-electron chi connectivity index (χ4n) is 2.20. The molecular formula is C17H22N2O4S2. The molecule has 0 aromatic heterocycles. The fraction of sp³-hybridized carbons (Fsp3) is 0.294. The summed E-state index contributed by atoms with van der Waals surface area (Å²) in [4.78, 5) is 0.106. The lowest BCUT2D eigenvalue weighted by Crippen LogP contribution is -2.17. The Morgan fingerprint density at radius 1 is 0.760 bits per heavy atom. The van der Waals surface area contributed by atoms with E-state index in [1.54, 1.807) is 24.3 Å². The van der Waals surface area contributed by atoms with E-state index < -0.39 is 20.0 Å². The van der Waals surface area contributed by atoms with Crippen molar-refractivity contribution >= 4 is 31.4 Å². The number of hydrogen-bond donors (Lipinski definition) is 2. The Labute approximate surface area is 149 Å². The van der Waals surface area contributed by atoms with Gasteiger partial charge in [-0.25, -0.2) is 16.8 Å². The molecule has 2 aromatic carbocycles. The first-order valence-electron chi connectivity index (χ1n) is 7.59. The van der Waals surface area contributed by atoms with E-state index in [4.69, 9.17) is 0 Å². The summed E-state index contributed by atoms with van der Waals surface area (Å²) in [6, 6.07) is 12.8. The molecule has 2 aromatic rings. The van der Waals surface area contributed by atoms with Crippen molar-refractivity contribution in [2.45, 2.75) is 31.1 Å². The second kappa shape index (κ2) is 6.68. The van der Waals surface area contributed by atoms with E-state index in [-0.39, 0.29) is 21.7 Å². The van der Waals surface area contributed by atoms with Crippen LogP contribution in [0.3, 0.4) is 0 Å². The lowest BCUT2D eigenvalue weighted by atomic mass is 9.87. The average Bonchev–Trinajstić information content (AvgIpc) is 2.47. The summed E-state index contributed by atoms with van der Waals surface area (Å²) in [5, 5.41) is 0. The third kappa shape index (κ3) is 5.20. The molecule has 2 rings (SSSR count). The van der Waals surface area contributed by atoms with Gasteiger partial charge >= 0.3 is 0 Å². The Balaban J connectivity index is 2.34. The summed E-state index contributed by atoms with van der Waals surface area (Å²) in [6.07, 6.45) is 1.00. The molecular weight excluding hydrogens is 360 g/mol. The zero-order valence-corrected chi connectivity index (χ0v) is 16.2. The van der Waals surface area contributed by atoms with Crippen LogP contribution in [-0.2, 0) is 25.5 Å². The molecule has 0 aliphatic rings. The second-order valence-electron chi connectivity index (χ2n) is 6.80. The van der Waals surface area contributed by atoms with E-state index in [0.29, 0.717) is 0 Å². The molecule has 6 nitrogen and oxygen atoms in total. The number of nitrogens with one attached hydrogen (secondary N) is 2. The molecule has 0 heterocycles. The molecule has 0 bridgehead atoms. The fourth-order valence-corrected chi connectivity index (χ4v) is 3.86. The van der Waals surface area contributed by atoms with Gasteiger partial charge in [-0.05, 0) is 35.2 Å². The number of sulfonamides is 2. The standard InChI is InChI=1S/C17H22N2O4S2/c1-17(2,3)13-9-11-14(12-10-13)25(22,23)19-16-8-6-5-7-15(16)18-24(4,20)21/h5-12,18-19H,1-4H3. The van der Waals surface area contributed by atoms with E-state index >= 15 is 0 Å². The quantitative estimate of drug-likeness (QED) is 0.831. The molecule has 25 heavy (non-hydrogen) atoms. The summed E-state index contributed by atoms with van der Waals surface area (Å²) in [5.41, 5.74) is 1.26. The van der Waals surface area contributed by atoms with Crippen LogP contribution in [-0.4, -0.2) is 23.1 Å². The van der Waals surface area contributed by atoms with Gasteiger partial charge in [0.15, 0.2) is 0 Å². The molecule has 0 spiro atoms. The monoisotopic (exact) mass is 382 g/mol. The second-order valence-corrected chi connectivity index (χ2v) is 10.2. The predicted molar refractivity (Wildman–Crippen MR) is 101 cm³/mol. The van der Waals surface area contributed by atoms with Gasteiger partial charge in [0.2, 0.25) is 10.0 Å². The van der Waals surface area contributed by atoms with Crippen molar-refractivity contribution in [3.8, 4) is 0 Å². The number of hydrogen-bond acceptors (Lipinski definition) is 4.